The first kappa shape index (κ1) is 37.0. The van der Waals surface area contributed by atoms with E-state index in [9.17, 15) is 19.8 Å². The quantitative estimate of drug-likeness (QED) is 0.184. The number of carbonyl (C=O) groups is 2. The summed E-state index contributed by atoms with van der Waals surface area (Å²) < 4.78 is 21.7. The molecule has 2 fully saturated rings. The van der Waals surface area contributed by atoms with E-state index in [-0.39, 0.29) is 25.5 Å². The molecule has 1 heterocycles. The van der Waals surface area contributed by atoms with Gasteiger partial charge in [0.15, 0.2) is 0 Å². The Balaban J connectivity index is 1.27. The number of hydrogen-bond acceptors (Lipinski definition) is 9. The molecule has 0 aromatic heterocycles. The zero-order valence-electron chi connectivity index (χ0n) is 28.9. The molecular weight excluding hydrogens is 626 g/mol. The second kappa shape index (κ2) is 19.2. The molecule has 0 radical (unpaired) electrons. The van der Waals surface area contributed by atoms with Gasteiger partial charge in [-0.05, 0) is 54.0 Å². The van der Waals surface area contributed by atoms with Crippen LogP contribution in [0.25, 0.3) is 0 Å². The molecule has 270 valence electrons. The van der Waals surface area contributed by atoms with E-state index in [0.29, 0.717) is 31.8 Å². The van der Waals surface area contributed by atoms with Crippen LogP contribution < -0.4 is 15.4 Å². The van der Waals surface area contributed by atoms with Gasteiger partial charge in [0, 0.05) is 39.1 Å². The summed E-state index contributed by atoms with van der Waals surface area (Å²) in [4.78, 5) is 29.1. The van der Waals surface area contributed by atoms with Gasteiger partial charge >= 0.3 is 6.09 Å². The second-order valence-electron chi connectivity index (χ2n) is 13.7. The van der Waals surface area contributed by atoms with Gasteiger partial charge in [-0.3, -0.25) is 9.69 Å². The topological polar surface area (TPSA) is 139 Å². The zero-order valence-corrected chi connectivity index (χ0v) is 28.9. The molecule has 49 heavy (non-hydrogen) atoms. The van der Waals surface area contributed by atoms with E-state index in [1.165, 1.54) is 6.42 Å². The third kappa shape index (κ3) is 11.4. The predicted molar refractivity (Wildman–Crippen MR) is 185 cm³/mol. The van der Waals surface area contributed by atoms with E-state index in [0.717, 1.165) is 81.0 Å². The maximum atomic E-state index is 14.1. The van der Waals surface area contributed by atoms with Gasteiger partial charge in [0.05, 0.1) is 44.1 Å². The minimum Gasteiger partial charge on any atom is -0.492 e. The molecule has 1 saturated heterocycles. The number of nitrogens with zero attached hydrogens (tertiary/aromatic N) is 1. The fraction of sp³-hybridized carbons (Fsp3) is 0.632. The number of hydrogen-bond donors (Lipinski definition) is 4. The number of ether oxygens (including phenoxy) is 4. The van der Waals surface area contributed by atoms with Crippen molar-refractivity contribution >= 4 is 12.0 Å². The van der Waals surface area contributed by atoms with Crippen LogP contribution in [0.2, 0.25) is 0 Å². The van der Waals surface area contributed by atoms with E-state index < -0.39 is 36.3 Å². The standard InChI is InChI=1S/C38H55N3O8/c1-46-21-22-49-38(45)39-33(24-27-7-3-2-4-8-27)34(42)26-30(37(44)40-36-32-10-6-5-9-29(32)25-35(36)43)23-28-11-13-31(14-12-28)48-20-17-41-15-18-47-19-16-41/h5-6,9-14,27,30,33-36,42-43H,2-4,7-8,15-26H2,1H3,(H,39,45)(H,40,44). The summed E-state index contributed by atoms with van der Waals surface area (Å²) in [7, 11) is 1.54. The van der Waals surface area contributed by atoms with Crippen molar-refractivity contribution in [3.63, 3.8) is 0 Å². The highest BCUT2D eigenvalue weighted by Crippen LogP contribution is 2.33. The van der Waals surface area contributed by atoms with Crippen LogP contribution in [-0.4, -0.2) is 105 Å². The Labute approximate surface area is 290 Å². The smallest absolute Gasteiger partial charge is 0.407 e. The zero-order chi connectivity index (χ0) is 34.4. The van der Waals surface area contributed by atoms with Crippen LogP contribution >= 0.6 is 0 Å². The number of amides is 2. The lowest BCUT2D eigenvalue weighted by Gasteiger charge is -2.32. The van der Waals surface area contributed by atoms with Gasteiger partial charge in [0.2, 0.25) is 5.91 Å². The van der Waals surface area contributed by atoms with Crippen molar-refractivity contribution < 1.29 is 38.7 Å². The largest absolute Gasteiger partial charge is 0.492 e. The third-order valence-electron chi connectivity index (χ3n) is 10.2. The second-order valence-corrected chi connectivity index (χ2v) is 13.7. The van der Waals surface area contributed by atoms with Crippen molar-refractivity contribution in [3.8, 4) is 5.75 Å². The number of fused-ring (bicyclic) bond motifs is 1. The van der Waals surface area contributed by atoms with E-state index in [1.54, 1.807) is 7.11 Å². The molecule has 5 rings (SSSR count). The Bertz CT molecular complexity index is 1300. The maximum absolute atomic E-state index is 14.1. The summed E-state index contributed by atoms with van der Waals surface area (Å²) in [6.07, 6.45) is 4.82. The molecule has 11 nitrogen and oxygen atoms in total. The van der Waals surface area contributed by atoms with Gasteiger partial charge in [-0.2, -0.15) is 0 Å². The summed E-state index contributed by atoms with van der Waals surface area (Å²) in [5.74, 6) is 0.265. The van der Waals surface area contributed by atoms with Crippen LogP contribution in [0.5, 0.6) is 5.75 Å². The summed E-state index contributed by atoms with van der Waals surface area (Å²) in [6, 6.07) is 14.4. The highest BCUT2D eigenvalue weighted by Gasteiger charge is 2.36. The first-order chi connectivity index (χ1) is 23.9. The number of benzene rings is 2. The number of carbonyl (C=O) groups excluding carboxylic acids is 2. The third-order valence-corrected chi connectivity index (χ3v) is 10.2. The molecule has 2 aromatic rings. The van der Waals surface area contributed by atoms with Crippen LogP contribution in [-0.2, 0) is 31.8 Å². The molecule has 2 aliphatic carbocycles. The number of methoxy groups -OCH3 is 1. The van der Waals surface area contributed by atoms with E-state index in [4.69, 9.17) is 18.9 Å². The molecule has 0 bridgehead atoms. The number of aliphatic hydroxyl groups is 2. The van der Waals surface area contributed by atoms with Crippen molar-refractivity contribution in [3.05, 3.63) is 65.2 Å². The van der Waals surface area contributed by atoms with E-state index >= 15 is 0 Å². The predicted octanol–water partition coefficient (Wildman–Crippen LogP) is 3.79. The molecule has 2 amide bonds. The Hall–Kier alpha value is -3.22. The average molecular weight is 682 g/mol. The Morgan fingerprint density at radius 3 is 2.51 bits per heavy atom. The minimum atomic E-state index is -0.990. The number of aliphatic hydroxyl groups excluding tert-OH is 2. The summed E-state index contributed by atoms with van der Waals surface area (Å²) in [5, 5.41) is 28.6. The molecule has 5 atom stereocenters. The molecule has 3 aliphatic rings. The average Bonchev–Trinajstić information content (AvgIpc) is 3.43. The van der Waals surface area contributed by atoms with Crippen LogP contribution in [0.4, 0.5) is 4.79 Å². The molecule has 5 unspecified atom stereocenters. The summed E-state index contributed by atoms with van der Waals surface area (Å²) in [5.41, 5.74) is 2.86. The number of nitrogens with one attached hydrogen (secondary N) is 2. The SMILES string of the molecule is COCCOC(=O)NC(CC1CCCCC1)C(O)CC(Cc1ccc(OCCN2CCOCC2)cc1)C(=O)NC1c2ccccc2CC1O. The van der Waals surface area contributed by atoms with Crippen molar-refractivity contribution in [1.29, 1.82) is 0 Å². The Morgan fingerprint density at radius 1 is 1.00 bits per heavy atom. The molecule has 4 N–H and O–H groups in total. The van der Waals surface area contributed by atoms with Crippen LogP contribution in [0, 0.1) is 11.8 Å². The lowest BCUT2D eigenvalue weighted by Crippen LogP contribution is -2.47. The Kier molecular flexibility index (Phi) is 14.6. The fourth-order valence-corrected chi connectivity index (χ4v) is 7.39. The molecule has 11 heteroatoms. The lowest BCUT2D eigenvalue weighted by atomic mass is 9.82. The molecule has 1 saturated carbocycles. The number of rotatable bonds is 17. The first-order valence-electron chi connectivity index (χ1n) is 18.1. The molecule has 2 aromatic carbocycles. The van der Waals surface area contributed by atoms with Gasteiger partial charge in [0.25, 0.3) is 0 Å². The van der Waals surface area contributed by atoms with Crippen molar-refractivity contribution in [2.75, 3.05) is 59.8 Å². The first-order valence-corrected chi connectivity index (χ1v) is 18.1. The normalized spacial score (nSPS) is 21.7. The van der Waals surface area contributed by atoms with Crippen molar-refractivity contribution in [2.45, 2.75) is 82.1 Å². The highest BCUT2D eigenvalue weighted by atomic mass is 16.6. The van der Waals surface area contributed by atoms with E-state index in [1.807, 2.05) is 48.5 Å². The number of alkyl carbamates (subject to hydrolysis) is 1. The van der Waals surface area contributed by atoms with Crippen LogP contribution in [0.3, 0.4) is 0 Å². The molecule has 1 aliphatic heterocycles. The fourth-order valence-electron chi connectivity index (χ4n) is 7.39. The van der Waals surface area contributed by atoms with Gasteiger partial charge in [-0.1, -0.05) is 68.5 Å². The van der Waals surface area contributed by atoms with E-state index in [2.05, 4.69) is 15.5 Å². The highest BCUT2D eigenvalue weighted by molar-refractivity contribution is 5.80. The Morgan fingerprint density at radius 2 is 1.76 bits per heavy atom. The molecule has 0 spiro atoms. The van der Waals surface area contributed by atoms with Crippen molar-refractivity contribution in [1.82, 2.24) is 15.5 Å². The van der Waals surface area contributed by atoms with Gasteiger partial charge < -0.3 is 39.8 Å². The minimum absolute atomic E-state index is 0.109. The maximum Gasteiger partial charge on any atom is 0.407 e. The van der Waals surface area contributed by atoms with Crippen LogP contribution in [0.1, 0.15) is 67.7 Å². The van der Waals surface area contributed by atoms with Crippen molar-refractivity contribution in [2.24, 2.45) is 11.8 Å². The monoisotopic (exact) mass is 681 g/mol. The van der Waals surface area contributed by atoms with Crippen LogP contribution in [0.15, 0.2) is 48.5 Å². The molecular formula is C38H55N3O8. The van der Waals surface area contributed by atoms with Gasteiger partial charge in [0.1, 0.15) is 19.0 Å². The van der Waals surface area contributed by atoms with Gasteiger partial charge in [-0.25, -0.2) is 4.79 Å². The summed E-state index contributed by atoms with van der Waals surface area (Å²) in [6.45, 7) is 5.11. The number of morpholine rings is 1. The summed E-state index contributed by atoms with van der Waals surface area (Å²) >= 11 is 0. The lowest BCUT2D eigenvalue weighted by molar-refractivity contribution is -0.127. The van der Waals surface area contributed by atoms with Gasteiger partial charge in [-0.15, -0.1) is 0 Å².